The quantitative estimate of drug-likeness (QED) is 0.808. The molecule has 100 valence electrons. The van der Waals surface area contributed by atoms with Gasteiger partial charge in [0.2, 0.25) is 0 Å². The maximum absolute atomic E-state index is 5.70. The van der Waals surface area contributed by atoms with Crippen LogP contribution in [0.25, 0.3) is 0 Å². The van der Waals surface area contributed by atoms with Crippen LogP contribution in [0.2, 0.25) is 0 Å². The summed E-state index contributed by atoms with van der Waals surface area (Å²) in [6.07, 6.45) is 0.843. The highest BCUT2D eigenvalue weighted by atomic mass is 16.5. The molecule has 2 rings (SSSR count). The Morgan fingerprint density at radius 1 is 0.947 bits per heavy atom. The van der Waals surface area contributed by atoms with Crippen LogP contribution in [0.15, 0.2) is 48.5 Å². The fraction of sp³-hybridized carbons (Fsp3) is 0.250. The molecule has 0 atom stereocenters. The number of hydrogen-bond donors (Lipinski definition) is 1. The van der Waals surface area contributed by atoms with Crippen molar-refractivity contribution in [1.82, 2.24) is 0 Å². The average molecular weight is 257 g/mol. The molecule has 0 heterocycles. The van der Waals surface area contributed by atoms with Crippen LogP contribution in [0.5, 0.6) is 11.5 Å². The number of nitrogens with two attached hydrogens (primary N) is 1. The van der Waals surface area contributed by atoms with E-state index in [1.807, 2.05) is 49.4 Å². The molecule has 0 saturated heterocycles. The third-order valence-corrected chi connectivity index (χ3v) is 2.73. The molecule has 2 aromatic carbocycles. The van der Waals surface area contributed by atoms with Gasteiger partial charge in [-0.1, -0.05) is 18.2 Å². The van der Waals surface area contributed by atoms with Crippen molar-refractivity contribution in [2.75, 3.05) is 18.9 Å². The summed E-state index contributed by atoms with van der Waals surface area (Å²) in [6, 6.07) is 15.6. The number of benzene rings is 2. The Hall–Kier alpha value is -2.16. The summed E-state index contributed by atoms with van der Waals surface area (Å²) in [4.78, 5) is 0. The summed E-state index contributed by atoms with van der Waals surface area (Å²) in [7, 11) is 0. The van der Waals surface area contributed by atoms with Crippen molar-refractivity contribution < 1.29 is 9.47 Å². The Kier molecular flexibility index (Phi) is 4.67. The standard InChI is InChI=1S/C16H19NO2/c1-2-18-15-7-3-5-13(11-15)9-10-19-16-8-4-6-14(17)12-16/h3-8,11-12H,2,9-10,17H2,1H3. The van der Waals surface area contributed by atoms with Gasteiger partial charge >= 0.3 is 0 Å². The normalized spacial score (nSPS) is 10.2. The molecule has 0 aliphatic rings. The highest BCUT2D eigenvalue weighted by Gasteiger charge is 1.98. The first-order chi connectivity index (χ1) is 9.28. The van der Waals surface area contributed by atoms with E-state index in [2.05, 4.69) is 6.07 Å². The van der Waals surface area contributed by atoms with E-state index in [-0.39, 0.29) is 0 Å². The van der Waals surface area contributed by atoms with Crippen molar-refractivity contribution in [3.05, 3.63) is 54.1 Å². The van der Waals surface area contributed by atoms with Crippen molar-refractivity contribution >= 4 is 5.69 Å². The molecule has 0 unspecified atom stereocenters. The minimum absolute atomic E-state index is 0.624. The van der Waals surface area contributed by atoms with Gasteiger partial charge in [0.15, 0.2) is 0 Å². The van der Waals surface area contributed by atoms with E-state index < -0.39 is 0 Å². The number of ether oxygens (including phenoxy) is 2. The van der Waals surface area contributed by atoms with Gasteiger partial charge in [0.05, 0.1) is 13.2 Å². The monoisotopic (exact) mass is 257 g/mol. The number of hydrogen-bond acceptors (Lipinski definition) is 3. The van der Waals surface area contributed by atoms with E-state index in [0.717, 1.165) is 23.6 Å². The van der Waals surface area contributed by atoms with Crippen LogP contribution in [-0.2, 0) is 6.42 Å². The second-order valence-corrected chi connectivity index (χ2v) is 4.25. The second-order valence-electron chi connectivity index (χ2n) is 4.25. The van der Waals surface area contributed by atoms with Gasteiger partial charge in [-0.05, 0) is 36.8 Å². The highest BCUT2D eigenvalue weighted by Crippen LogP contribution is 2.16. The van der Waals surface area contributed by atoms with Gasteiger partial charge in [-0.2, -0.15) is 0 Å². The summed E-state index contributed by atoms with van der Waals surface area (Å²) < 4.78 is 11.1. The maximum atomic E-state index is 5.70. The molecule has 0 bridgehead atoms. The predicted molar refractivity (Wildman–Crippen MR) is 77.7 cm³/mol. The van der Waals surface area contributed by atoms with Crippen molar-refractivity contribution in [2.24, 2.45) is 0 Å². The van der Waals surface area contributed by atoms with Gasteiger partial charge in [-0.15, -0.1) is 0 Å². The fourth-order valence-corrected chi connectivity index (χ4v) is 1.85. The van der Waals surface area contributed by atoms with Crippen LogP contribution in [0.4, 0.5) is 5.69 Å². The zero-order chi connectivity index (χ0) is 13.5. The summed E-state index contributed by atoms with van der Waals surface area (Å²) >= 11 is 0. The first-order valence-electron chi connectivity index (χ1n) is 6.48. The topological polar surface area (TPSA) is 44.5 Å². The Balaban J connectivity index is 1.87. The van der Waals surface area contributed by atoms with E-state index in [1.165, 1.54) is 5.56 Å². The average Bonchev–Trinajstić information content (AvgIpc) is 2.40. The molecule has 3 heteroatoms. The van der Waals surface area contributed by atoms with Gasteiger partial charge in [0.25, 0.3) is 0 Å². The maximum Gasteiger partial charge on any atom is 0.121 e. The van der Waals surface area contributed by atoms with Crippen LogP contribution in [0.3, 0.4) is 0 Å². The Labute approximate surface area is 114 Å². The van der Waals surface area contributed by atoms with Crippen molar-refractivity contribution in [3.8, 4) is 11.5 Å². The summed E-state index contributed by atoms with van der Waals surface area (Å²) in [5.74, 6) is 1.71. The van der Waals surface area contributed by atoms with E-state index >= 15 is 0 Å². The van der Waals surface area contributed by atoms with Crippen LogP contribution < -0.4 is 15.2 Å². The lowest BCUT2D eigenvalue weighted by Crippen LogP contribution is -2.02. The molecule has 0 saturated carbocycles. The Bertz CT molecular complexity index is 526. The lowest BCUT2D eigenvalue weighted by Gasteiger charge is -2.08. The van der Waals surface area contributed by atoms with E-state index in [9.17, 15) is 0 Å². The molecule has 2 N–H and O–H groups in total. The zero-order valence-electron chi connectivity index (χ0n) is 11.1. The molecule has 0 spiro atoms. The summed E-state index contributed by atoms with van der Waals surface area (Å²) in [6.45, 7) is 3.29. The van der Waals surface area contributed by atoms with Crippen LogP contribution >= 0.6 is 0 Å². The molecular weight excluding hydrogens is 238 g/mol. The van der Waals surface area contributed by atoms with E-state index in [0.29, 0.717) is 13.2 Å². The molecule has 2 aromatic rings. The summed E-state index contributed by atoms with van der Waals surface area (Å²) in [5.41, 5.74) is 7.62. The smallest absolute Gasteiger partial charge is 0.121 e. The van der Waals surface area contributed by atoms with Crippen LogP contribution in [0.1, 0.15) is 12.5 Å². The summed E-state index contributed by atoms with van der Waals surface area (Å²) in [5, 5.41) is 0. The first-order valence-corrected chi connectivity index (χ1v) is 6.48. The number of nitrogen functional groups attached to an aromatic ring is 1. The molecule has 0 fully saturated rings. The van der Waals surface area contributed by atoms with Crippen LogP contribution in [-0.4, -0.2) is 13.2 Å². The molecule has 0 aliphatic heterocycles. The van der Waals surface area contributed by atoms with E-state index in [4.69, 9.17) is 15.2 Å². The number of anilines is 1. The van der Waals surface area contributed by atoms with Gasteiger partial charge in [-0.25, -0.2) is 0 Å². The number of rotatable bonds is 6. The molecule has 3 nitrogen and oxygen atoms in total. The molecule has 0 aromatic heterocycles. The minimum Gasteiger partial charge on any atom is -0.494 e. The third kappa shape index (κ3) is 4.21. The van der Waals surface area contributed by atoms with Crippen LogP contribution in [0, 0.1) is 0 Å². The van der Waals surface area contributed by atoms with E-state index in [1.54, 1.807) is 0 Å². The SMILES string of the molecule is CCOc1cccc(CCOc2cccc(N)c2)c1. The largest absolute Gasteiger partial charge is 0.494 e. The van der Waals surface area contributed by atoms with Gasteiger partial charge in [0, 0.05) is 18.2 Å². The fourth-order valence-electron chi connectivity index (χ4n) is 1.85. The minimum atomic E-state index is 0.624. The van der Waals surface area contributed by atoms with Crippen molar-refractivity contribution in [3.63, 3.8) is 0 Å². The molecule has 19 heavy (non-hydrogen) atoms. The lowest BCUT2D eigenvalue weighted by atomic mass is 10.1. The molecular formula is C16H19NO2. The van der Waals surface area contributed by atoms with Gasteiger partial charge in [-0.3, -0.25) is 0 Å². The van der Waals surface area contributed by atoms with Crippen molar-refractivity contribution in [1.29, 1.82) is 0 Å². The van der Waals surface area contributed by atoms with Crippen molar-refractivity contribution in [2.45, 2.75) is 13.3 Å². The predicted octanol–water partition coefficient (Wildman–Crippen LogP) is 3.29. The molecule has 0 aliphatic carbocycles. The van der Waals surface area contributed by atoms with Gasteiger partial charge in [0.1, 0.15) is 11.5 Å². The highest BCUT2D eigenvalue weighted by molar-refractivity contribution is 5.43. The lowest BCUT2D eigenvalue weighted by molar-refractivity contribution is 0.320. The van der Waals surface area contributed by atoms with Gasteiger partial charge < -0.3 is 15.2 Å². The molecule has 0 radical (unpaired) electrons. The zero-order valence-corrected chi connectivity index (χ0v) is 11.1. The molecule has 0 amide bonds. The second kappa shape index (κ2) is 6.69. The Morgan fingerprint density at radius 3 is 2.42 bits per heavy atom. The third-order valence-electron chi connectivity index (χ3n) is 2.73. The first kappa shape index (κ1) is 13.3. The Morgan fingerprint density at radius 2 is 1.68 bits per heavy atom.